The van der Waals surface area contributed by atoms with Gasteiger partial charge in [-0.2, -0.15) is 5.26 Å². The smallest absolute Gasteiger partial charge is 0.251 e. The fourth-order valence-corrected chi connectivity index (χ4v) is 3.30. The molecule has 1 aliphatic heterocycles. The van der Waals surface area contributed by atoms with Crippen molar-refractivity contribution >= 4 is 5.91 Å². The molecule has 2 atom stereocenters. The van der Waals surface area contributed by atoms with Gasteiger partial charge in [0.15, 0.2) is 0 Å². The predicted molar refractivity (Wildman–Crippen MR) is 93.2 cm³/mol. The van der Waals surface area contributed by atoms with Gasteiger partial charge in [0, 0.05) is 36.8 Å². The van der Waals surface area contributed by atoms with Gasteiger partial charge in [0.1, 0.15) is 11.9 Å². The highest BCUT2D eigenvalue weighted by Gasteiger charge is 2.33. The highest BCUT2D eigenvalue weighted by atomic mass is 19.1. The molecular formula is C19H21FN4O2. The Hall–Kier alpha value is -2.72. The molecule has 0 bridgehead atoms. The number of halogens is 1. The van der Waals surface area contributed by atoms with Gasteiger partial charge in [0.2, 0.25) is 0 Å². The van der Waals surface area contributed by atoms with Crippen LogP contribution in [0.15, 0.2) is 28.8 Å². The van der Waals surface area contributed by atoms with E-state index in [9.17, 15) is 9.18 Å². The number of aryl methyl sites for hydroxylation is 2. The zero-order chi connectivity index (χ0) is 18.7. The van der Waals surface area contributed by atoms with Crippen LogP contribution in [0.3, 0.4) is 0 Å². The minimum atomic E-state index is -0.917. The minimum absolute atomic E-state index is 0.0956. The quantitative estimate of drug-likeness (QED) is 0.890. The number of aromatic nitrogens is 1. The number of carbonyl (C=O) groups excluding carboxylic acids is 1. The van der Waals surface area contributed by atoms with Gasteiger partial charge in [-0.3, -0.25) is 9.69 Å². The van der Waals surface area contributed by atoms with Crippen LogP contribution >= 0.6 is 0 Å². The molecule has 1 aromatic carbocycles. The summed E-state index contributed by atoms with van der Waals surface area (Å²) < 4.78 is 19.1. The predicted octanol–water partition coefficient (Wildman–Crippen LogP) is 2.51. The maximum absolute atomic E-state index is 14.0. The van der Waals surface area contributed by atoms with Crippen LogP contribution in [0.4, 0.5) is 4.39 Å². The Morgan fingerprint density at radius 2 is 2.31 bits per heavy atom. The summed E-state index contributed by atoms with van der Waals surface area (Å²) in [5.41, 5.74) is 2.64. The number of benzene rings is 1. The van der Waals surface area contributed by atoms with Crippen molar-refractivity contribution in [3.63, 3.8) is 0 Å². The van der Waals surface area contributed by atoms with Gasteiger partial charge in [-0.15, -0.1) is 0 Å². The molecule has 2 aromatic rings. The summed E-state index contributed by atoms with van der Waals surface area (Å²) in [6.07, 6.45) is -0.540. The Morgan fingerprint density at radius 3 is 3.00 bits per heavy atom. The summed E-state index contributed by atoms with van der Waals surface area (Å²) in [4.78, 5) is 14.3. The molecule has 0 radical (unpaired) electrons. The molecule has 6 nitrogen and oxygen atoms in total. The molecule has 0 saturated carbocycles. The van der Waals surface area contributed by atoms with E-state index in [0.29, 0.717) is 37.2 Å². The second-order valence-corrected chi connectivity index (χ2v) is 6.62. The van der Waals surface area contributed by atoms with Crippen molar-refractivity contribution < 1.29 is 13.7 Å². The molecular weight excluding hydrogens is 335 g/mol. The number of nitrogens with one attached hydrogen (secondary N) is 1. The first-order chi connectivity index (χ1) is 12.5. The van der Waals surface area contributed by atoms with Crippen LogP contribution in [-0.4, -0.2) is 41.3 Å². The molecule has 7 heteroatoms. The Morgan fingerprint density at radius 1 is 1.50 bits per heavy atom. The van der Waals surface area contributed by atoms with E-state index in [1.165, 1.54) is 0 Å². The first kappa shape index (κ1) is 18.1. The van der Waals surface area contributed by atoms with E-state index in [4.69, 9.17) is 9.78 Å². The number of rotatable bonds is 5. The van der Waals surface area contributed by atoms with Gasteiger partial charge in [0.25, 0.3) is 5.91 Å². The largest absolute Gasteiger partial charge is 0.361 e. The fourth-order valence-electron chi connectivity index (χ4n) is 3.30. The third-order valence-corrected chi connectivity index (χ3v) is 4.77. The molecule has 1 aromatic heterocycles. The molecule has 1 fully saturated rings. The average Bonchev–Trinajstić information content (AvgIpc) is 3.16. The number of nitrogens with zero attached hydrogens (tertiary/aromatic N) is 3. The third-order valence-electron chi connectivity index (χ3n) is 4.77. The van der Waals surface area contributed by atoms with E-state index in [-0.39, 0.29) is 11.9 Å². The van der Waals surface area contributed by atoms with Crippen molar-refractivity contribution in [1.82, 2.24) is 15.4 Å². The first-order valence-electron chi connectivity index (χ1n) is 8.56. The molecule has 0 unspecified atom stereocenters. The lowest BCUT2D eigenvalue weighted by atomic mass is 10.1. The number of carbonyl (C=O) groups is 1. The second-order valence-electron chi connectivity index (χ2n) is 6.62. The Bertz CT molecular complexity index is 823. The van der Waals surface area contributed by atoms with Crippen molar-refractivity contribution in [2.24, 2.45) is 0 Å². The first-order valence-corrected chi connectivity index (χ1v) is 8.56. The fraction of sp³-hybridized carbons (Fsp3) is 0.421. The standard InChI is InChI=1S/C19H21FN4O2/c1-12-18(13(2)26-23-12)11-24-10-16(20)7-17(24)9-22-19(25)15-5-3-4-14(6-15)8-21/h3-6,16-17H,7,9-11H2,1-2H3,(H,22,25)/t16-,17-/m0/s1. The Kier molecular flexibility index (Phi) is 5.33. The van der Waals surface area contributed by atoms with Crippen LogP contribution in [0.2, 0.25) is 0 Å². The van der Waals surface area contributed by atoms with Crippen LogP contribution in [-0.2, 0) is 6.54 Å². The Balaban J connectivity index is 1.64. The van der Waals surface area contributed by atoms with Gasteiger partial charge in [-0.1, -0.05) is 11.2 Å². The van der Waals surface area contributed by atoms with Crippen LogP contribution in [0.25, 0.3) is 0 Å². The molecule has 0 aliphatic carbocycles. The molecule has 3 rings (SSSR count). The Labute approximate surface area is 151 Å². The van der Waals surface area contributed by atoms with E-state index < -0.39 is 6.17 Å². The summed E-state index contributed by atoms with van der Waals surface area (Å²) in [7, 11) is 0. The van der Waals surface area contributed by atoms with Crippen molar-refractivity contribution in [2.75, 3.05) is 13.1 Å². The lowest BCUT2D eigenvalue weighted by Crippen LogP contribution is -2.40. The highest BCUT2D eigenvalue weighted by Crippen LogP contribution is 2.24. The molecule has 1 saturated heterocycles. The van der Waals surface area contributed by atoms with Crippen LogP contribution in [0, 0.1) is 25.2 Å². The monoisotopic (exact) mass is 356 g/mol. The topological polar surface area (TPSA) is 82.2 Å². The zero-order valence-electron chi connectivity index (χ0n) is 14.8. The number of likely N-dealkylation sites (tertiary alicyclic amines) is 1. The molecule has 2 heterocycles. The number of nitriles is 1. The summed E-state index contributed by atoms with van der Waals surface area (Å²) in [6, 6.07) is 8.44. The lowest BCUT2D eigenvalue weighted by molar-refractivity contribution is 0.0939. The maximum Gasteiger partial charge on any atom is 0.251 e. The summed E-state index contributed by atoms with van der Waals surface area (Å²) >= 11 is 0. The molecule has 136 valence electrons. The van der Waals surface area contributed by atoms with E-state index in [1.54, 1.807) is 24.3 Å². The normalized spacial score (nSPS) is 20.1. The molecule has 1 aliphatic rings. The minimum Gasteiger partial charge on any atom is -0.361 e. The van der Waals surface area contributed by atoms with Crippen LogP contribution in [0.5, 0.6) is 0 Å². The lowest BCUT2D eigenvalue weighted by Gasteiger charge is -2.24. The van der Waals surface area contributed by atoms with Crippen molar-refractivity contribution in [1.29, 1.82) is 5.26 Å². The summed E-state index contributed by atoms with van der Waals surface area (Å²) in [6.45, 7) is 4.94. The van der Waals surface area contributed by atoms with Gasteiger partial charge in [-0.05, 0) is 38.5 Å². The van der Waals surface area contributed by atoms with Crippen molar-refractivity contribution in [3.8, 4) is 6.07 Å². The SMILES string of the molecule is Cc1noc(C)c1CN1C[C@@H](F)C[C@H]1CNC(=O)c1cccc(C#N)c1. The van der Waals surface area contributed by atoms with E-state index in [1.807, 2.05) is 24.8 Å². The number of hydrogen-bond acceptors (Lipinski definition) is 5. The van der Waals surface area contributed by atoms with Crippen molar-refractivity contribution in [3.05, 3.63) is 52.4 Å². The van der Waals surface area contributed by atoms with E-state index in [0.717, 1.165) is 17.0 Å². The van der Waals surface area contributed by atoms with E-state index >= 15 is 0 Å². The maximum atomic E-state index is 14.0. The van der Waals surface area contributed by atoms with Gasteiger partial charge < -0.3 is 9.84 Å². The van der Waals surface area contributed by atoms with Gasteiger partial charge in [0.05, 0.1) is 17.3 Å². The number of alkyl halides is 1. The van der Waals surface area contributed by atoms with Gasteiger partial charge >= 0.3 is 0 Å². The number of amides is 1. The zero-order valence-corrected chi connectivity index (χ0v) is 14.8. The summed E-state index contributed by atoms with van der Waals surface area (Å²) in [5, 5.41) is 15.7. The highest BCUT2D eigenvalue weighted by molar-refractivity contribution is 5.94. The van der Waals surface area contributed by atoms with E-state index in [2.05, 4.69) is 10.5 Å². The number of hydrogen-bond donors (Lipinski definition) is 1. The molecule has 0 spiro atoms. The summed E-state index contributed by atoms with van der Waals surface area (Å²) in [5.74, 6) is 0.475. The van der Waals surface area contributed by atoms with Gasteiger partial charge in [-0.25, -0.2) is 4.39 Å². The van der Waals surface area contributed by atoms with Crippen molar-refractivity contribution in [2.45, 2.75) is 39.0 Å². The van der Waals surface area contributed by atoms with Crippen LogP contribution in [0.1, 0.15) is 39.4 Å². The van der Waals surface area contributed by atoms with Crippen LogP contribution < -0.4 is 5.32 Å². The molecule has 1 N–H and O–H groups in total. The molecule has 1 amide bonds. The second kappa shape index (κ2) is 7.67. The third kappa shape index (κ3) is 3.92. The average molecular weight is 356 g/mol. The molecule has 26 heavy (non-hydrogen) atoms.